The maximum atomic E-state index is 12.5. The average Bonchev–Trinajstić information content (AvgIpc) is 2.46. The van der Waals surface area contributed by atoms with E-state index in [-0.39, 0.29) is 5.91 Å². The van der Waals surface area contributed by atoms with Gasteiger partial charge in [-0.05, 0) is 44.4 Å². The van der Waals surface area contributed by atoms with Gasteiger partial charge in [0.25, 0.3) is 5.91 Å². The van der Waals surface area contributed by atoms with Crippen molar-refractivity contribution in [3.05, 3.63) is 23.8 Å². The Balaban J connectivity index is 2.23. The van der Waals surface area contributed by atoms with Crippen molar-refractivity contribution >= 4 is 5.91 Å². The fraction of sp³-hybridized carbons (Fsp3) is 0.533. The summed E-state index contributed by atoms with van der Waals surface area (Å²) in [5, 5.41) is 0. The van der Waals surface area contributed by atoms with E-state index < -0.39 is 0 Å². The molecule has 2 rings (SSSR count). The monoisotopic (exact) mass is 263 g/mol. The second-order valence-electron chi connectivity index (χ2n) is 4.91. The fourth-order valence-corrected chi connectivity index (χ4v) is 2.53. The Morgan fingerprint density at radius 2 is 1.95 bits per heavy atom. The molecule has 1 amide bonds. The van der Waals surface area contributed by atoms with Gasteiger partial charge >= 0.3 is 0 Å². The van der Waals surface area contributed by atoms with Gasteiger partial charge in [0.1, 0.15) is 0 Å². The number of benzene rings is 1. The van der Waals surface area contributed by atoms with Crippen molar-refractivity contribution in [3.63, 3.8) is 0 Å². The van der Waals surface area contributed by atoms with E-state index in [0.29, 0.717) is 23.1 Å². The van der Waals surface area contributed by atoms with Crippen LogP contribution in [0.3, 0.4) is 0 Å². The predicted molar refractivity (Wildman–Crippen MR) is 73.9 cm³/mol. The Labute approximate surface area is 114 Å². The van der Waals surface area contributed by atoms with Crippen LogP contribution >= 0.6 is 0 Å². The highest BCUT2D eigenvalue weighted by Crippen LogP contribution is 2.29. The van der Waals surface area contributed by atoms with E-state index in [1.165, 1.54) is 6.42 Å². The molecule has 0 spiro atoms. The van der Waals surface area contributed by atoms with E-state index in [1.807, 2.05) is 4.90 Å². The van der Waals surface area contributed by atoms with E-state index in [0.717, 1.165) is 19.4 Å². The first-order chi connectivity index (χ1) is 9.17. The summed E-state index contributed by atoms with van der Waals surface area (Å²) in [7, 11) is 3.17. The van der Waals surface area contributed by atoms with Gasteiger partial charge in [0.05, 0.1) is 14.2 Å². The van der Waals surface area contributed by atoms with Gasteiger partial charge in [-0.1, -0.05) is 0 Å². The average molecular weight is 263 g/mol. The smallest absolute Gasteiger partial charge is 0.254 e. The van der Waals surface area contributed by atoms with E-state index in [9.17, 15) is 4.79 Å². The summed E-state index contributed by atoms with van der Waals surface area (Å²) in [5.74, 6) is 1.32. The molecule has 0 bridgehead atoms. The number of nitrogens with zero attached hydrogens (tertiary/aromatic N) is 1. The second-order valence-corrected chi connectivity index (χ2v) is 4.91. The summed E-state index contributed by atoms with van der Waals surface area (Å²) in [4.78, 5) is 14.5. The molecule has 0 aliphatic carbocycles. The van der Waals surface area contributed by atoms with Crippen molar-refractivity contribution in [2.45, 2.75) is 32.2 Å². The number of piperidine rings is 1. The minimum Gasteiger partial charge on any atom is -0.493 e. The van der Waals surface area contributed by atoms with Gasteiger partial charge in [-0.2, -0.15) is 0 Å². The largest absolute Gasteiger partial charge is 0.493 e. The Morgan fingerprint density at radius 3 is 2.58 bits per heavy atom. The topological polar surface area (TPSA) is 38.8 Å². The number of methoxy groups -OCH3 is 2. The van der Waals surface area contributed by atoms with E-state index >= 15 is 0 Å². The van der Waals surface area contributed by atoms with Crippen LogP contribution < -0.4 is 9.47 Å². The number of hydrogen-bond donors (Lipinski definition) is 0. The number of carbonyl (C=O) groups is 1. The minimum absolute atomic E-state index is 0.0770. The Bertz CT molecular complexity index is 459. The van der Waals surface area contributed by atoms with Crippen molar-refractivity contribution in [2.75, 3.05) is 20.8 Å². The summed E-state index contributed by atoms with van der Waals surface area (Å²) in [6.07, 6.45) is 3.37. The molecule has 4 heteroatoms. The van der Waals surface area contributed by atoms with E-state index in [1.54, 1.807) is 32.4 Å². The highest BCUT2D eigenvalue weighted by Gasteiger charge is 2.24. The third-order valence-corrected chi connectivity index (χ3v) is 3.69. The van der Waals surface area contributed by atoms with Crippen LogP contribution in [0.2, 0.25) is 0 Å². The second kappa shape index (κ2) is 5.95. The minimum atomic E-state index is 0.0770. The molecule has 1 aromatic rings. The lowest BCUT2D eigenvalue weighted by molar-refractivity contribution is 0.0635. The lowest BCUT2D eigenvalue weighted by Crippen LogP contribution is -2.42. The number of carbonyl (C=O) groups excluding carboxylic acids is 1. The zero-order valence-electron chi connectivity index (χ0n) is 11.8. The first kappa shape index (κ1) is 13.7. The van der Waals surface area contributed by atoms with Crippen LogP contribution in [0.1, 0.15) is 36.5 Å². The number of amides is 1. The van der Waals surface area contributed by atoms with Gasteiger partial charge in [0, 0.05) is 18.2 Å². The molecule has 1 heterocycles. The number of likely N-dealkylation sites (tertiary alicyclic amines) is 1. The molecular weight excluding hydrogens is 242 g/mol. The highest BCUT2D eigenvalue weighted by molar-refractivity contribution is 5.95. The molecule has 0 unspecified atom stereocenters. The predicted octanol–water partition coefficient (Wildman–Crippen LogP) is 2.72. The first-order valence-corrected chi connectivity index (χ1v) is 6.70. The third-order valence-electron chi connectivity index (χ3n) is 3.69. The van der Waals surface area contributed by atoms with Crippen molar-refractivity contribution in [1.29, 1.82) is 0 Å². The van der Waals surface area contributed by atoms with Crippen LogP contribution in [0.25, 0.3) is 0 Å². The van der Waals surface area contributed by atoms with Gasteiger partial charge in [-0.15, -0.1) is 0 Å². The standard InChI is InChI=1S/C15H21NO3/c1-11-6-4-5-9-16(11)15(17)12-7-8-13(18-2)14(10-12)19-3/h7-8,10-11H,4-6,9H2,1-3H3/t11-/m1/s1. The summed E-state index contributed by atoms with van der Waals surface area (Å²) in [5.41, 5.74) is 0.659. The normalized spacial score (nSPS) is 19.1. The van der Waals surface area contributed by atoms with Crippen molar-refractivity contribution in [3.8, 4) is 11.5 Å². The lowest BCUT2D eigenvalue weighted by atomic mass is 10.0. The van der Waals surface area contributed by atoms with E-state index in [4.69, 9.17) is 9.47 Å². The zero-order valence-corrected chi connectivity index (χ0v) is 11.8. The van der Waals surface area contributed by atoms with Crippen molar-refractivity contribution < 1.29 is 14.3 Å². The Morgan fingerprint density at radius 1 is 1.21 bits per heavy atom. The molecule has 1 fully saturated rings. The van der Waals surface area contributed by atoms with Crippen LogP contribution in [0, 0.1) is 0 Å². The molecule has 104 valence electrons. The summed E-state index contributed by atoms with van der Waals surface area (Å²) in [6.45, 7) is 2.95. The quantitative estimate of drug-likeness (QED) is 0.841. The lowest BCUT2D eigenvalue weighted by Gasteiger charge is -2.33. The molecule has 19 heavy (non-hydrogen) atoms. The number of hydrogen-bond acceptors (Lipinski definition) is 3. The molecule has 0 aromatic heterocycles. The molecular formula is C15H21NO3. The molecule has 1 saturated heterocycles. The van der Waals surface area contributed by atoms with Gasteiger partial charge in [0.15, 0.2) is 11.5 Å². The zero-order chi connectivity index (χ0) is 13.8. The summed E-state index contributed by atoms with van der Waals surface area (Å²) < 4.78 is 10.4. The molecule has 4 nitrogen and oxygen atoms in total. The van der Waals surface area contributed by atoms with Gasteiger partial charge in [-0.3, -0.25) is 4.79 Å². The molecule has 0 radical (unpaired) electrons. The third kappa shape index (κ3) is 2.83. The maximum absolute atomic E-state index is 12.5. The van der Waals surface area contributed by atoms with Gasteiger partial charge in [0.2, 0.25) is 0 Å². The van der Waals surface area contributed by atoms with Crippen LogP contribution in [-0.2, 0) is 0 Å². The summed E-state index contributed by atoms with van der Waals surface area (Å²) >= 11 is 0. The molecule has 1 aliphatic rings. The van der Waals surface area contributed by atoms with Crippen molar-refractivity contribution in [1.82, 2.24) is 4.90 Å². The first-order valence-electron chi connectivity index (χ1n) is 6.70. The van der Waals surface area contributed by atoms with Gasteiger partial charge < -0.3 is 14.4 Å². The molecule has 1 aromatic carbocycles. The Kier molecular flexibility index (Phi) is 4.30. The van der Waals surface area contributed by atoms with Crippen LogP contribution in [0.4, 0.5) is 0 Å². The summed E-state index contributed by atoms with van der Waals surface area (Å²) in [6, 6.07) is 5.64. The number of rotatable bonds is 3. The van der Waals surface area contributed by atoms with Crippen LogP contribution in [0.5, 0.6) is 11.5 Å². The molecule has 0 N–H and O–H groups in total. The SMILES string of the molecule is COc1ccc(C(=O)N2CCCC[C@H]2C)cc1OC. The molecule has 1 aliphatic heterocycles. The maximum Gasteiger partial charge on any atom is 0.254 e. The molecule has 1 atom stereocenters. The molecule has 0 saturated carbocycles. The van der Waals surface area contributed by atoms with Crippen molar-refractivity contribution in [2.24, 2.45) is 0 Å². The van der Waals surface area contributed by atoms with Gasteiger partial charge in [-0.25, -0.2) is 0 Å². The van der Waals surface area contributed by atoms with Crippen LogP contribution in [-0.4, -0.2) is 37.6 Å². The van der Waals surface area contributed by atoms with Crippen LogP contribution in [0.15, 0.2) is 18.2 Å². The highest BCUT2D eigenvalue weighted by atomic mass is 16.5. The van der Waals surface area contributed by atoms with E-state index in [2.05, 4.69) is 6.92 Å². The number of ether oxygens (including phenoxy) is 2. The fourth-order valence-electron chi connectivity index (χ4n) is 2.53. The Hall–Kier alpha value is -1.71.